The first kappa shape index (κ1) is 24.1. The van der Waals surface area contributed by atoms with Crippen LogP contribution >= 0.6 is 11.8 Å². The molecule has 2 aromatic carbocycles. The summed E-state index contributed by atoms with van der Waals surface area (Å²) in [5.74, 6) is 0.130. The van der Waals surface area contributed by atoms with Crippen molar-refractivity contribution in [1.29, 1.82) is 0 Å². The molecule has 1 saturated heterocycles. The van der Waals surface area contributed by atoms with Crippen LogP contribution in [0.5, 0.6) is 5.75 Å². The molecule has 4 heterocycles. The van der Waals surface area contributed by atoms with Crippen LogP contribution in [-0.4, -0.2) is 54.1 Å². The van der Waals surface area contributed by atoms with Gasteiger partial charge in [-0.05, 0) is 37.5 Å². The summed E-state index contributed by atoms with van der Waals surface area (Å²) in [6.45, 7) is -0.0507. The third-order valence-electron chi connectivity index (χ3n) is 6.69. The molecular formula is C27H24N4O6S. The molecule has 1 unspecified atom stereocenters. The standard InChI is InChI=1S/C27H24N4O6S/c1-35-27(34)37-16-36-24-19(32)13-15-30-23(24)26(33)29-14-7-6-12-22(29)31(30)25-17-8-2-4-10-20(17)38-21-11-5-3-9-18(21)28-25/h2-5,8-11,13,15,22H,6-7,12,14,16H2,1H3. The first-order chi connectivity index (χ1) is 18.6. The lowest BCUT2D eigenvalue weighted by Gasteiger charge is -2.48. The summed E-state index contributed by atoms with van der Waals surface area (Å²) in [5, 5.41) is 1.98. The number of amides is 1. The van der Waals surface area contributed by atoms with Crippen molar-refractivity contribution in [1.82, 2.24) is 9.58 Å². The number of carbonyl (C=O) groups excluding carboxylic acids is 2. The van der Waals surface area contributed by atoms with Crippen molar-refractivity contribution < 1.29 is 23.8 Å². The van der Waals surface area contributed by atoms with E-state index in [4.69, 9.17) is 14.5 Å². The van der Waals surface area contributed by atoms with Crippen LogP contribution in [0, 0.1) is 0 Å². The van der Waals surface area contributed by atoms with Crippen LogP contribution in [0.2, 0.25) is 0 Å². The van der Waals surface area contributed by atoms with Gasteiger partial charge in [-0.3, -0.25) is 9.59 Å². The summed E-state index contributed by atoms with van der Waals surface area (Å²) in [5.41, 5.74) is 1.27. The highest BCUT2D eigenvalue weighted by Crippen LogP contribution is 2.41. The minimum atomic E-state index is -0.959. The lowest BCUT2D eigenvalue weighted by Crippen LogP contribution is -2.64. The molecule has 3 aliphatic heterocycles. The Bertz CT molecular complexity index is 1520. The molecule has 6 rings (SSSR count). The number of para-hydroxylation sites is 1. The van der Waals surface area contributed by atoms with Crippen LogP contribution in [0.15, 0.2) is 80.4 Å². The molecule has 0 saturated carbocycles. The Hall–Kier alpha value is -4.25. The summed E-state index contributed by atoms with van der Waals surface area (Å²) in [6, 6.07) is 17.3. The van der Waals surface area contributed by atoms with Crippen LogP contribution < -0.4 is 15.2 Å². The quantitative estimate of drug-likeness (QED) is 0.367. The number of ether oxygens (including phenoxy) is 3. The number of hydrogen-bond donors (Lipinski definition) is 0. The normalized spacial score (nSPS) is 17.8. The molecule has 0 radical (unpaired) electrons. The molecule has 1 fully saturated rings. The SMILES string of the molecule is COC(=O)OCOc1c2n(ccc1=O)N(C1=Nc3ccccc3Sc3ccccc31)C1CCCCN1C2=O. The second-order valence-electron chi connectivity index (χ2n) is 8.88. The average Bonchev–Trinajstić information content (AvgIpc) is 3.11. The fraction of sp³-hybridized carbons (Fsp3) is 0.259. The van der Waals surface area contributed by atoms with Gasteiger partial charge in [-0.2, -0.15) is 0 Å². The summed E-state index contributed by atoms with van der Waals surface area (Å²) in [6.07, 6.45) is 2.82. The van der Waals surface area contributed by atoms with Crippen molar-refractivity contribution >= 4 is 35.3 Å². The maximum Gasteiger partial charge on any atom is 0.510 e. The van der Waals surface area contributed by atoms with Crippen molar-refractivity contribution in [3.8, 4) is 5.75 Å². The number of aliphatic imine (C=N–C) groups is 1. The Balaban J connectivity index is 1.55. The van der Waals surface area contributed by atoms with Gasteiger partial charge in [-0.1, -0.05) is 42.1 Å². The van der Waals surface area contributed by atoms with Crippen LogP contribution in [0.4, 0.5) is 10.5 Å². The zero-order valence-corrected chi connectivity index (χ0v) is 21.3. The molecule has 1 atom stereocenters. The van der Waals surface area contributed by atoms with E-state index in [9.17, 15) is 14.4 Å². The molecule has 11 heteroatoms. The van der Waals surface area contributed by atoms with E-state index in [2.05, 4.69) is 10.8 Å². The number of benzene rings is 2. The number of fused-ring (bicyclic) bond motifs is 4. The summed E-state index contributed by atoms with van der Waals surface area (Å²) in [7, 11) is 1.17. The van der Waals surface area contributed by atoms with E-state index in [1.807, 2.05) is 47.5 Å². The number of hydrogen-bond acceptors (Lipinski definition) is 9. The smallest absolute Gasteiger partial charge is 0.451 e. The van der Waals surface area contributed by atoms with Gasteiger partial charge in [-0.25, -0.2) is 19.5 Å². The predicted molar refractivity (Wildman–Crippen MR) is 140 cm³/mol. The minimum Gasteiger partial charge on any atom is -0.451 e. The molecule has 3 aliphatic rings. The van der Waals surface area contributed by atoms with Crippen molar-refractivity contribution in [3.63, 3.8) is 0 Å². The highest BCUT2D eigenvalue weighted by atomic mass is 32.2. The van der Waals surface area contributed by atoms with E-state index in [-0.39, 0.29) is 23.5 Å². The van der Waals surface area contributed by atoms with Gasteiger partial charge in [0.25, 0.3) is 5.91 Å². The van der Waals surface area contributed by atoms with Gasteiger partial charge in [0.1, 0.15) is 6.17 Å². The predicted octanol–water partition coefficient (Wildman–Crippen LogP) is 4.11. The first-order valence-corrected chi connectivity index (χ1v) is 13.0. The Morgan fingerprint density at radius 3 is 2.68 bits per heavy atom. The Morgan fingerprint density at radius 1 is 1.05 bits per heavy atom. The minimum absolute atomic E-state index is 0.0504. The maximum atomic E-state index is 13.8. The average molecular weight is 533 g/mol. The topological polar surface area (TPSA) is 103 Å². The molecule has 38 heavy (non-hydrogen) atoms. The van der Waals surface area contributed by atoms with E-state index in [1.165, 1.54) is 13.2 Å². The monoisotopic (exact) mass is 532 g/mol. The molecule has 10 nitrogen and oxygen atoms in total. The summed E-state index contributed by atoms with van der Waals surface area (Å²) >= 11 is 1.64. The van der Waals surface area contributed by atoms with Crippen molar-refractivity contribution in [2.24, 2.45) is 4.99 Å². The Morgan fingerprint density at radius 2 is 1.84 bits per heavy atom. The number of pyridine rings is 1. The second-order valence-corrected chi connectivity index (χ2v) is 9.97. The molecule has 0 spiro atoms. The van der Waals surface area contributed by atoms with Crippen LogP contribution in [0.3, 0.4) is 0 Å². The molecule has 1 amide bonds. The van der Waals surface area contributed by atoms with E-state index in [0.717, 1.165) is 40.3 Å². The van der Waals surface area contributed by atoms with Gasteiger partial charge in [-0.15, -0.1) is 0 Å². The van der Waals surface area contributed by atoms with Gasteiger partial charge in [0.2, 0.25) is 18.0 Å². The highest BCUT2D eigenvalue weighted by Gasteiger charge is 2.43. The van der Waals surface area contributed by atoms with Crippen LogP contribution in [0.25, 0.3) is 0 Å². The summed E-state index contributed by atoms with van der Waals surface area (Å²) < 4.78 is 16.5. The molecule has 3 aromatic rings. The van der Waals surface area contributed by atoms with Crippen molar-refractivity contribution in [3.05, 3.63) is 82.3 Å². The van der Waals surface area contributed by atoms with E-state index >= 15 is 0 Å². The van der Waals surface area contributed by atoms with Gasteiger partial charge in [0.15, 0.2) is 11.5 Å². The first-order valence-electron chi connectivity index (χ1n) is 12.2. The Kier molecular flexibility index (Phi) is 6.28. The zero-order chi connectivity index (χ0) is 26.2. The Labute approximate surface area is 222 Å². The fourth-order valence-electron chi connectivity index (χ4n) is 4.99. The van der Waals surface area contributed by atoms with Crippen LogP contribution in [0.1, 0.15) is 35.3 Å². The van der Waals surface area contributed by atoms with Crippen LogP contribution in [-0.2, 0) is 9.47 Å². The number of amidine groups is 1. The number of methoxy groups -OCH3 is 1. The molecule has 194 valence electrons. The van der Waals surface area contributed by atoms with E-state index in [0.29, 0.717) is 12.4 Å². The molecule has 0 N–H and O–H groups in total. The number of carbonyl (C=O) groups is 2. The third-order valence-corrected chi connectivity index (χ3v) is 7.83. The van der Waals surface area contributed by atoms with Crippen molar-refractivity contribution in [2.45, 2.75) is 35.2 Å². The lowest BCUT2D eigenvalue weighted by molar-refractivity contribution is 0.0130. The van der Waals surface area contributed by atoms with E-state index < -0.39 is 18.4 Å². The zero-order valence-electron chi connectivity index (χ0n) is 20.5. The second kappa shape index (κ2) is 9.90. The molecule has 0 bridgehead atoms. The number of aromatic nitrogens is 1. The van der Waals surface area contributed by atoms with Gasteiger partial charge < -0.3 is 19.1 Å². The number of nitrogens with zero attached hydrogens (tertiary/aromatic N) is 4. The third kappa shape index (κ3) is 4.08. The lowest BCUT2D eigenvalue weighted by atomic mass is 10.0. The molecular weight excluding hydrogens is 508 g/mol. The molecule has 1 aromatic heterocycles. The van der Waals surface area contributed by atoms with Gasteiger partial charge in [0, 0.05) is 34.2 Å². The highest BCUT2D eigenvalue weighted by molar-refractivity contribution is 7.99. The van der Waals surface area contributed by atoms with Gasteiger partial charge in [0.05, 0.1) is 12.8 Å². The van der Waals surface area contributed by atoms with E-state index in [1.54, 1.807) is 27.5 Å². The maximum absolute atomic E-state index is 13.8. The number of rotatable bonds is 3. The fourth-order valence-corrected chi connectivity index (χ4v) is 6.01. The van der Waals surface area contributed by atoms with Crippen molar-refractivity contribution in [2.75, 3.05) is 25.5 Å². The van der Waals surface area contributed by atoms with Gasteiger partial charge >= 0.3 is 6.16 Å². The number of piperidine rings is 1. The molecule has 0 aliphatic carbocycles. The largest absolute Gasteiger partial charge is 0.510 e. The summed E-state index contributed by atoms with van der Waals surface area (Å²) in [4.78, 5) is 47.1.